The number of nitrogens with one attached hydrogen (secondary N) is 1. The molecule has 3 aromatic rings. The zero-order valence-corrected chi connectivity index (χ0v) is 14.8. The van der Waals surface area contributed by atoms with Gasteiger partial charge in [-0.15, -0.1) is 0 Å². The van der Waals surface area contributed by atoms with E-state index < -0.39 is 11.8 Å². The molecule has 0 atom stereocenters. The van der Waals surface area contributed by atoms with Gasteiger partial charge in [0.1, 0.15) is 0 Å². The lowest BCUT2D eigenvalue weighted by Crippen LogP contribution is -2.18. The number of rotatable bonds is 8. The molecule has 0 saturated heterocycles. The predicted molar refractivity (Wildman–Crippen MR) is 103 cm³/mol. The average molecular weight is 363 g/mol. The topological polar surface area (TPSA) is 119 Å². The number of carbonyl (C=O) groups is 3. The summed E-state index contributed by atoms with van der Waals surface area (Å²) in [5, 5.41) is 0.583. The number of primary amides is 2. The van der Waals surface area contributed by atoms with E-state index in [0.29, 0.717) is 28.6 Å². The summed E-state index contributed by atoms with van der Waals surface area (Å²) in [6.45, 7) is 0. The van der Waals surface area contributed by atoms with Gasteiger partial charge in [-0.25, -0.2) is 0 Å². The second kappa shape index (κ2) is 7.86. The minimum Gasteiger partial charge on any atom is -0.369 e. The molecular formula is C21H21N3O3. The maximum atomic E-state index is 12.5. The Bertz CT molecular complexity index is 1010. The summed E-state index contributed by atoms with van der Waals surface area (Å²) in [6.07, 6.45) is 1.90. The highest BCUT2D eigenvalue weighted by molar-refractivity contribution is 6.09. The molecule has 0 saturated carbocycles. The van der Waals surface area contributed by atoms with Crippen LogP contribution in [0.25, 0.3) is 10.9 Å². The lowest BCUT2D eigenvalue weighted by Gasteiger charge is -2.03. The van der Waals surface area contributed by atoms with Gasteiger partial charge in [0.05, 0.1) is 12.0 Å². The van der Waals surface area contributed by atoms with E-state index >= 15 is 0 Å². The molecule has 27 heavy (non-hydrogen) atoms. The minimum atomic E-state index is -0.639. The number of H-pyrrole nitrogens is 1. The van der Waals surface area contributed by atoms with E-state index in [1.165, 1.54) is 5.56 Å². The van der Waals surface area contributed by atoms with E-state index in [9.17, 15) is 14.4 Å². The molecule has 138 valence electrons. The van der Waals surface area contributed by atoms with Crippen LogP contribution in [-0.4, -0.2) is 22.6 Å². The van der Waals surface area contributed by atoms with E-state index in [4.69, 9.17) is 11.5 Å². The average Bonchev–Trinajstić information content (AvgIpc) is 2.98. The largest absolute Gasteiger partial charge is 0.369 e. The number of nitrogens with two attached hydrogens (primary N) is 2. The van der Waals surface area contributed by atoms with Crippen LogP contribution in [0.5, 0.6) is 0 Å². The van der Waals surface area contributed by atoms with Gasteiger partial charge in [-0.1, -0.05) is 42.5 Å². The summed E-state index contributed by atoms with van der Waals surface area (Å²) in [6, 6.07) is 15.1. The molecule has 2 aromatic carbocycles. The number of ketones is 1. The van der Waals surface area contributed by atoms with Crippen LogP contribution in [0.1, 0.15) is 44.8 Å². The number of fused-ring (bicyclic) bond motifs is 1. The Morgan fingerprint density at radius 1 is 0.963 bits per heavy atom. The Hall–Kier alpha value is -3.41. The molecule has 0 aliphatic rings. The first-order chi connectivity index (χ1) is 13.0. The highest BCUT2D eigenvalue weighted by atomic mass is 16.1. The quantitative estimate of drug-likeness (QED) is 0.533. The van der Waals surface area contributed by atoms with Crippen molar-refractivity contribution in [3.05, 3.63) is 70.9 Å². The van der Waals surface area contributed by atoms with Crippen molar-refractivity contribution in [2.75, 3.05) is 0 Å². The van der Waals surface area contributed by atoms with Crippen molar-refractivity contribution in [2.24, 2.45) is 11.5 Å². The van der Waals surface area contributed by atoms with Gasteiger partial charge >= 0.3 is 0 Å². The fourth-order valence-electron chi connectivity index (χ4n) is 3.26. The van der Waals surface area contributed by atoms with E-state index in [1.807, 2.05) is 30.3 Å². The van der Waals surface area contributed by atoms with Crippen LogP contribution in [0.2, 0.25) is 0 Å². The molecule has 1 heterocycles. The van der Waals surface area contributed by atoms with Crippen LogP contribution in [0.4, 0.5) is 0 Å². The number of benzene rings is 2. The Labute approximate surface area is 156 Å². The molecule has 2 amide bonds. The molecule has 6 nitrogen and oxygen atoms in total. The summed E-state index contributed by atoms with van der Waals surface area (Å²) in [5.74, 6) is -1.18. The molecule has 0 unspecified atom stereocenters. The Kier molecular flexibility index (Phi) is 5.35. The predicted octanol–water partition coefficient (Wildman–Crippen LogP) is 2.50. The lowest BCUT2D eigenvalue weighted by molar-refractivity contribution is -0.117. The monoisotopic (exact) mass is 363 g/mol. The third-order valence-electron chi connectivity index (χ3n) is 4.51. The summed E-state index contributed by atoms with van der Waals surface area (Å²) >= 11 is 0. The second-order valence-electron chi connectivity index (χ2n) is 6.51. The number of hydrogen-bond donors (Lipinski definition) is 3. The van der Waals surface area contributed by atoms with Crippen LogP contribution in [0.15, 0.2) is 48.5 Å². The molecule has 0 aliphatic heterocycles. The number of hydrogen-bond acceptors (Lipinski definition) is 3. The molecule has 0 bridgehead atoms. The Balaban J connectivity index is 1.78. The van der Waals surface area contributed by atoms with Gasteiger partial charge in [0.2, 0.25) is 5.91 Å². The SMILES string of the molecule is NC(=O)Cc1[nH]c2cc(C(=O)CCCc3ccccc3)ccc2c1C(N)=O. The van der Waals surface area contributed by atoms with Gasteiger partial charge in [-0.2, -0.15) is 0 Å². The van der Waals surface area contributed by atoms with Crippen molar-refractivity contribution in [3.63, 3.8) is 0 Å². The van der Waals surface area contributed by atoms with Crippen molar-refractivity contribution in [3.8, 4) is 0 Å². The Morgan fingerprint density at radius 3 is 2.37 bits per heavy atom. The van der Waals surface area contributed by atoms with E-state index in [2.05, 4.69) is 4.98 Å². The minimum absolute atomic E-state index is 0.0273. The number of aromatic amines is 1. The number of aromatic nitrogens is 1. The first kappa shape index (κ1) is 18.4. The van der Waals surface area contributed by atoms with Crippen molar-refractivity contribution < 1.29 is 14.4 Å². The second-order valence-corrected chi connectivity index (χ2v) is 6.51. The summed E-state index contributed by atoms with van der Waals surface area (Å²) in [7, 11) is 0. The van der Waals surface area contributed by atoms with Gasteiger partial charge in [-0.05, 0) is 24.5 Å². The molecule has 5 N–H and O–H groups in total. The van der Waals surface area contributed by atoms with Crippen LogP contribution >= 0.6 is 0 Å². The number of aryl methyl sites for hydroxylation is 1. The molecular weight excluding hydrogens is 342 g/mol. The Morgan fingerprint density at radius 2 is 1.70 bits per heavy atom. The van der Waals surface area contributed by atoms with Crippen LogP contribution in [0, 0.1) is 0 Å². The maximum absolute atomic E-state index is 12.5. The number of Topliss-reactive ketones (excluding diaryl/α,β-unsaturated/α-hetero) is 1. The van der Waals surface area contributed by atoms with Crippen molar-refractivity contribution in [1.82, 2.24) is 4.98 Å². The van der Waals surface area contributed by atoms with Gasteiger partial charge < -0.3 is 16.5 Å². The molecule has 1 aromatic heterocycles. The van der Waals surface area contributed by atoms with E-state index in [-0.39, 0.29) is 17.8 Å². The molecule has 3 rings (SSSR count). The lowest BCUT2D eigenvalue weighted by atomic mass is 10.0. The molecule has 0 aliphatic carbocycles. The summed E-state index contributed by atoms with van der Waals surface area (Å²) < 4.78 is 0. The third kappa shape index (κ3) is 4.23. The fourth-order valence-corrected chi connectivity index (χ4v) is 3.26. The van der Waals surface area contributed by atoms with Gasteiger partial charge in [0, 0.05) is 28.6 Å². The molecule has 0 spiro atoms. The standard InChI is InChI=1S/C21H21N3O3/c22-19(26)12-17-20(21(23)27)15-10-9-14(11-16(15)24-17)18(25)8-4-7-13-5-2-1-3-6-13/h1-3,5-6,9-11,24H,4,7-8,12H2,(H2,22,26)(H2,23,27). The van der Waals surface area contributed by atoms with Gasteiger partial charge in [0.25, 0.3) is 5.91 Å². The highest BCUT2D eigenvalue weighted by Crippen LogP contribution is 2.24. The smallest absolute Gasteiger partial charge is 0.251 e. The van der Waals surface area contributed by atoms with Crippen molar-refractivity contribution in [2.45, 2.75) is 25.7 Å². The first-order valence-corrected chi connectivity index (χ1v) is 8.75. The van der Waals surface area contributed by atoms with Crippen LogP contribution < -0.4 is 11.5 Å². The molecule has 0 fully saturated rings. The number of carbonyl (C=O) groups excluding carboxylic acids is 3. The van der Waals surface area contributed by atoms with Gasteiger partial charge in [-0.3, -0.25) is 14.4 Å². The fraction of sp³-hybridized carbons (Fsp3) is 0.190. The normalized spacial score (nSPS) is 10.8. The zero-order valence-electron chi connectivity index (χ0n) is 14.8. The highest BCUT2D eigenvalue weighted by Gasteiger charge is 2.18. The third-order valence-corrected chi connectivity index (χ3v) is 4.51. The maximum Gasteiger partial charge on any atom is 0.251 e. The number of amides is 2. The van der Waals surface area contributed by atoms with Crippen molar-refractivity contribution in [1.29, 1.82) is 0 Å². The molecule has 6 heteroatoms. The van der Waals surface area contributed by atoms with Gasteiger partial charge in [0.15, 0.2) is 5.78 Å². The molecule has 0 radical (unpaired) electrons. The summed E-state index contributed by atoms with van der Waals surface area (Å²) in [5.41, 5.74) is 13.6. The zero-order chi connectivity index (χ0) is 19.4. The van der Waals surface area contributed by atoms with Crippen LogP contribution in [-0.2, 0) is 17.6 Å². The summed E-state index contributed by atoms with van der Waals surface area (Å²) in [4.78, 5) is 38.5. The van der Waals surface area contributed by atoms with E-state index in [1.54, 1.807) is 18.2 Å². The first-order valence-electron chi connectivity index (χ1n) is 8.75. The van der Waals surface area contributed by atoms with Crippen LogP contribution in [0.3, 0.4) is 0 Å². The van der Waals surface area contributed by atoms with Crippen molar-refractivity contribution >= 4 is 28.5 Å². The van der Waals surface area contributed by atoms with E-state index in [0.717, 1.165) is 12.8 Å².